The Kier molecular flexibility index (Phi) is 5.30. The van der Waals surface area contributed by atoms with Crippen molar-refractivity contribution in [1.82, 2.24) is 5.32 Å². The molecule has 1 amide bonds. The number of carbonyl (C=O) groups is 2. The van der Waals surface area contributed by atoms with Crippen LogP contribution >= 0.6 is 0 Å². The van der Waals surface area contributed by atoms with E-state index in [1.165, 1.54) is 0 Å². The Morgan fingerprint density at radius 3 is 2.44 bits per heavy atom. The number of carboxylic acids is 1. The quantitative estimate of drug-likeness (QED) is 0.843. The molecule has 130 valence electrons. The maximum absolute atomic E-state index is 12.2. The summed E-state index contributed by atoms with van der Waals surface area (Å²) in [6.45, 7) is 0.619. The number of para-hydroxylation sites is 1. The van der Waals surface area contributed by atoms with Crippen LogP contribution in [-0.2, 0) is 20.9 Å². The fraction of sp³-hybridized carbons (Fsp3) is 0.263. The third-order valence-electron chi connectivity index (χ3n) is 4.04. The maximum atomic E-state index is 12.2. The number of hydrogen-bond donors (Lipinski definition) is 2. The van der Waals surface area contributed by atoms with E-state index in [1.807, 2.05) is 54.6 Å². The average molecular weight is 341 g/mol. The Morgan fingerprint density at radius 2 is 1.76 bits per heavy atom. The molecular formula is C19H19NO5. The number of aliphatic carboxylic acids is 1. The molecule has 0 spiro atoms. The first-order chi connectivity index (χ1) is 12.1. The number of nitrogens with one attached hydrogen (secondary N) is 1. The second-order valence-corrected chi connectivity index (χ2v) is 5.80. The van der Waals surface area contributed by atoms with Gasteiger partial charge in [-0.15, -0.1) is 0 Å². The molecule has 1 fully saturated rings. The second kappa shape index (κ2) is 7.81. The van der Waals surface area contributed by atoms with Crippen LogP contribution in [0.4, 0.5) is 0 Å². The summed E-state index contributed by atoms with van der Waals surface area (Å²) in [5, 5.41) is 11.8. The van der Waals surface area contributed by atoms with Crippen molar-refractivity contribution >= 4 is 11.9 Å². The molecular weight excluding hydrogens is 322 g/mol. The van der Waals surface area contributed by atoms with E-state index in [4.69, 9.17) is 14.6 Å². The summed E-state index contributed by atoms with van der Waals surface area (Å²) in [5.41, 5.74) is 0.902. The molecule has 0 radical (unpaired) electrons. The minimum absolute atomic E-state index is 0.292. The lowest BCUT2D eigenvalue weighted by Gasteiger charge is -2.14. The lowest BCUT2D eigenvalue weighted by atomic mass is 10.0. The molecule has 1 saturated heterocycles. The molecule has 0 aliphatic carbocycles. The Bertz CT molecular complexity index is 729. The molecule has 1 aliphatic rings. The molecule has 25 heavy (non-hydrogen) atoms. The zero-order chi connectivity index (χ0) is 17.6. The van der Waals surface area contributed by atoms with Gasteiger partial charge in [-0.25, -0.2) is 4.79 Å². The lowest BCUT2D eigenvalue weighted by molar-refractivity contribution is -0.152. The van der Waals surface area contributed by atoms with E-state index in [1.54, 1.807) is 0 Å². The highest BCUT2D eigenvalue weighted by Crippen LogP contribution is 2.23. The van der Waals surface area contributed by atoms with Gasteiger partial charge in [0.1, 0.15) is 11.5 Å². The van der Waals surface area contributed by atoms with Gasteiger partial charge >= 0.3 is 5.97 Å². The Labute approximate surface area is 145 Å². The summed E-state index contributed by atoms with van der Waals surface area (Å²) >= 11 is 0. The van der Waals surface area contributed by atoms with Crippen LogP contribution in [0.25, 0.3) is 0 Å². The third kappa shape index (κ3) is 4.36. The van der Waals surface area contributed by atoms with Gasteiger partial charge in [0.2, 0.25) is 5.91 Å². The molecule has 0 aromatic heterocycles. The average Bonchev–Trinajstić information content (AvgIpc) is 3.12. The molecule has 2 aromatic carbocycles. The van der Waals surface area contributed by atoms with Gasteiger partial charge in [-0.1, -0.05) is 30.3 Å². The van der Waals surface area contributed by atoms with Crippen molar-refractivity contribution in [2.75, 3.05) is 6.61 Å². The highest BCUT2D eigenvalue weighted by Gasteiger charge is 2.38. The van der Waals surface area contributed by atoms with Gasteiger partial charge in [-0.2, -0.15) is 0 Å². The van der Waals surface area contributed by atoms with Crippen molar-refractivity contribution in [3.63, 3.8) is 0 Å². The molecule has 1 aliphatic heterocycles. The van der Waals surface area contributed by atoms with Crippen LogP contribution < -0.4 is 10.1 Å². The molecule has 0 bridgehead atoms. The number of hydrogen-bond acceptors (Lipinski definition) is 4. The largest absolute Gasteiger partial charge is 0.479 e. The Balaban J connectivity index is 1.53. The molecule has 2 atom stereocenters. The van der Waals surface area contributed by atoms with E-state index in [-0.39, 0.29) is 5.91 Å². The van der Waals surface area contributed by atoms with Crippen molar-refractivity contribution in [3.8, 4) is 11.5 Å². The van der Waals surface area contributed by atoms with Crippen LogP contribution in [-0.4, -0.2) is 29.7 Å². The normalized spacial score (nSPS) is 19.4. The van der Waals surface area contributed by atoms with Crippen LogP contribution in [0.2, 0.25) is 0 Å². The number of ether oxygens (including phenoxy) is 2. The van der Waals surface area contributed by atoms with Crippen LogP contribution in [0.3, 0.4) is 0 Å². The van der Waals surface area contributed by atoms with E-state index in [9.17, 15) is 9.59 Å². The van der Waals surface area contributed by atoms with E-state index in [2.05, 4.69) is 5.32 Å². The van der Waals surface area contributed by atoms with E-state index >= 15 is 0 Å². The number of amides is 1. The maximum Gasteiger partial charge on any atom is 0.333 e. The fourth-order valence-corrected chi connectivity index (χ4v) is 2.72. The topological polar surface area (TPSA) is 84.9 Å². The molecule has 2 aromatic rings. The van der Waals surface area contributed by atoms with Crippen molar-refractivity contribution < 1.29 is 24.2 Å². The SMILES string of the molecule is O=C(O)[C@H]1OCC[C@H]1C(=O)NCc1ccc(Oc2ccccc2)cc1. The second-order valence-electron chi connectivity index (χ2n) is 5.80. The molecule has 3 rings (SSSR count). The Morgan fingerprint density at radius 1 is 1.08 bits per heavy atom. The van der Waals surface area contributed by atoms with Gasteiger partial charge in [0, 0.05) is 13.2 Å². The zero-order valence-electron chi connectivity index (χ0n) is 13.6. The predicted octanol–water partition coefficient (Wildman–Crippen LogP) is 2.58. The van der Waals surface area contributed by atoms with Crippen LogP contribution in [0.5, 0.6) is 11.5 Å². The Hall–Kier alpha value is -2.86. The highest BCUT2D eigenvalue weighted by atomic mass is 16.5. The van der Waals surface area contributed by atoms with E-state index in [0.717, 1.165) is 11.3 Å². The van der Waals surface area contributed by atoms with Crippen molar-refractivity contribution in [1.29, 1.82) is 0 Å². The van der Waals surface area contributed by atoms with Gasteiger partial charge in [0.15, 0.2) is 6.10 Å². The number of benzene rings is 2. The van der Waals surface area contributed by atoms with Gasteiger partial charge in [0.05, 0.1) is 5.92 Å². The molecule has 6 heteroatoms. The summed E-state index contributed by atoms with van der Waals surface area (Å²) in [6, 6.07) is 16.8. The van der Waals surface area contributed by atoms with Crippen LogP contribution in [0, 0.1) is 5.92 Å². The van der Waals surface area contributed by atoms with E-state index in [0.29, 0.717) is 25.3 Å². The van der Waals surface area contributed by atoms with Crippen molar-refractivity contribution in [2.45, 2.75) is 19.1 Å². The first-order valence-electron chi connectivity index (χ1n) is 8.07. The number of carboxylic acid groups (broad SMARTS) is 1. The first-order valence-corrected chi connectivity index (χ1v) is 8.07. The number of rotatable bonds is 6. The standard InChI is InChI=1S/C19H19NO5/c21-18(16-10-11-24-17(16)19(22)23)20-12-13-6-8-15(9-7-13)25-14-4-2-1-3-5-14/h1-9,16-17H,10-12H2,(H,20,21)(H,22,23)/t16-,17+/m1/s1. The smallest absolute Gasteiger partial charge is 0.333 e. The van der Waals surface area contributed by atoms with Gasteiger partial charge in [0.25, 0.3) is 0 Å². The predicted molar refractivity (Wildman–Crippen MR) is 90.3 cm³/mol. The lowest BCUT2D eigenvalue weighted by Crippen LogP contribution is -2.38. The highest BCUT2D eigenvalue weighted by molar-refractivity contribution is 5.86. The summed E-state index contributed by atoms with van der Waals surface area (Å²) in [4.78, 5) is 23.2. The molecule has 0 unspecified atom stereocenters. The summed E-state index contributed by atoms with van der Waals surface area (Å²) in [6.07, 6.45) is -0.631. The molecule has 0 saturated carbocycles. The van der Waals surface area contributed by atoms with Crippen molar-refractivity contribution in [2.24, 2.45) is 5.92 Å². The van der Waals surface area contributed by atoms with E-state index < -0.39 is 18.0 Å². The summed E-state index contributed by atoms with van der Waals surface area (Å²) in [5.74, 6) is -0.575. The monoisotopic (exact) mass is 341 g/mol. The zero-order valence-corrected chi connectivity index (χ0v) is 13.6. The third-order valence-corrected chi connectivity index (χ3v) is 4.04. The van der Waals surface area contributed by atoms with Gasteiger partial charge in [-0.3, -0.25) is 4.79 Å². The van der Waals surface area contributed by atoms with Crippen LogP contribution in [0.15, 0.2) is 54.6 Å². The summed E-state index contributed by atoms with van der Waals surface area (Å²) < 4.78 is 10.8. The van der Waals surface area contributed by atoms with Crippen LogP contribution in [0.1, 0.15) is 12.0 Å². The molecule has 1 heterocycles. The van der Waals surface area contributed by atoms with Gasteiger partial charge < -0.3 is 19.9 Å². The van der Waals surface area contributed by atoms with Gasteiger partial charge in [-0.05, 0) is 36.2 Å². The molecule has 6 nitrogen and oxygen atoms in total. The number of carbonyl (C=O) groups excluding carboxylic acids is 1. The van der Waals surface area contributed by atoms with Crippen molar-refractivity contribution in [3.05, 3.63) is 60.2 Å². The summed E-state index contributed by atoms with van der Waals surface area (Å²) in [7, 11) is 0. The molecule has 2 N–H and O–H groups in total. The minimum atomic E-state index is -1.10. The minimum Gasteiger partial charge on any atom is -0.479 e. The fourth-order valence-electron chi connectivity index (χ4n) is 2.72. The first kappa shape index (κ1) is 17.0.